The van der Waals surface area contributed by atoms with Crippen LogP contribution >= 0.6 is 0 Å². The zero-order valence-electron chi connectivity index (χ0n) is 17.4. The molecule has 6 heteroatoms. The molecule has 3 heterocycles. The number of carbonyl (C=O) groups excluding carboxylic acids is 1. The van der Waals surface area contributed by atoms with Crippen LogP contribution < -0.4 is 9.64 Å². The standard InChI is InChI=1S/C23H30N4O2/c1-3-11-27-16-19-15-20(5-6-21(19)23(27)28)29-14-10-18-8-12-26(13-9-18)22-7-4-17(2)24-25-22/h4-7,15,18H,3,8-14,16H2,1-2H3. The van der Waals surface area contributed by atoms with Crippen molar-refractivity contribution in [2.24, 2.45) is 5.92 Å². The summed E-state index contributed by atoms with van der Waals surface area (Å²) in [4.78, 5) is 16.6. The van der Waals surface area contributed by atoms with Crippen molar-refractivity contribution in [3.05, 3.63) is 47.2 Å². The predicted octanol–water partition coefficient (Wildman–Crippen LogP) is 3.84. The van der Waals surface area contributed by atoms with Gasteiger partial charge in [0.25, 0.3) is 5.91 Å². The molecule has 0 atom stereocenters. The maximum atomic E-state index is 12.3. The summed E-state index contributed by atoms with van der Waals surface area (Å²) in [6.07, 6.45) is 4.36. The lowest BCUT2D eigenvalue weighted by Gasteiger charge is -2.32. The summed E-state index contributed by atoms with van der Waals surface area (Å²) in [7, 11) is 0. The van der Waals surface area contributed by atoms with Gasteiger partial charge in [0.1, 0.15) is 5.75 Å². The minimum absolute atomic E-state index is 0.151. The van der Waals surface area contributed by atoms with E-state index >= 15 is 0 Å². The molecule has 0 bridgehead atoms. The number of nitrogens with zero attached hydrogens (tertiary/aromatic N) is 4. The molecule has 1 amide bonds. The van der Waals surface area contributed by atoms with Crippen molar-refractivity contribution in [1.82, 2.24) is 15.1 Å². The number of amides is 1. The SMILES string of the molecule is CCCN1Cc2cc(OCCC3CCN(c4ccc(C)nn4)CC3)ccc2C1=O. The van der Waals surface area contributed by atoms with Crippen molar-refractivity contribution in [3.8, 4) is 5.75 Å². The van der Waals surface area contributed by atoms with E-state index in [0.717, 1.165) is 80.3 Å². The highest BCUT2D eigenvalue weighted by atomic mass is 16.5. The number of piperidine rings is 1. The lowest BCUT2D eigenvalue weighted by molar-refractivity contribution is 0.0778. The van der Waals surface area contributed by atoms with Gasteiger partial charge < -0.3 is 14.5 Å². The lowest BCUT2D eigenvalue weighted by atomic mass is 9.94. The fraction of sp³-hybridized carbons (Fsp3) is 0.522. The van der Waals surface area contributed by atoms with Crippen molar-refractivity contribution >= 4 is 11.7 Å². The minimum atomic E-state index is 0.151. The first-order valence-corrected chi connectivity index (χ1v) is 10.7. The second-order valence-electron chi connectivity index (χ2n) is 8.15. The summed E-state index contributed by atoms with van der Waals surface area (Å²) in [6.45, 7) is 8.36. The predicted molar refractivity (Wildman–Crippen MR) is 113 cm³/mol. The summed E-state index contributed by atoms with van der Waals surface area (Å²) in [5.74, 6) is 2.69. The highest BCUT2D eigenvalue weighted by Crippen LogP contribution is 2.28. The molecule has 29 heavy (non-hydrogen) atoms. The number of fused-ring (bicyclic) bond motifs is 1. The molecule has 0 unspecified atom stereocenters. The Bertz CT molecular complexity index is 844. The molecular formula is C23H30N4O2. The summed E-state index contributed by atoms with van der Waals surface area (Å²) in [5, 5.41) is 8.47. The third-order valence-corrected chi connectivity index (χ3v) is 5.97. The molecule has 0 radical (unpaired) electrons. The fourth-order valence-corrected chi connectivity index (χ4v) is 4.25. The molecule has 1 aromatic heterocycles. The van der Waals surface area contributed by atoms with Crippen LogP contribution in [0, 0.1) is 12.8 Å². The third-order valence-electron chi connectivity index (χ3n) is 5.97. The van der Waals surface area contributed by atoms with E-state index in [-0.39, 0.29) is 5.91 Å². The summed E-state index contributed by atoms with van der Waals surface area (Å²) >= 11 is 0. The van der Waals surface area contributed by atoms with E-state index in [0.29, 0.717) is 12.5 Å². The van der Waals surface area contributed by atoms with Gasteiger partial charge in [0.2, 0.25) is 0 Å². The Morgan fingerprint density at radius 1 is 1.14 bits per heavy atom. The van der Waals surface area contributed by atoms with Crippen LogP contribution in [0.15, 0.2) is 30.3 Å². The van der Waals surface area contributed by atoms with E-state index in [4.69, 9.17) is 4.74 Å². The van der Waals surface area contributed by atoms with Gasteiger partial charge in [-0.05, 0) is 74.4 Å². The summed E-state index contributed by atoms with van der Waals surface area (Å²) in [6, 6.07) is 9.98. The quantitative estimate of drug-likeness (QED) is 0.714. The van der Waals surface area contributed by atoms with Crippen LogP contribution in [0.5, 0.6) is 5.75 Å². The van der Waals surface area contributed by atoms with E-state index in [2.05, 4.69) is 28.1 Å². The number of carbonyl (C=O) groups is 1. The molecular weight excluding hydrogens is 364 g/mol. The molecule has 1 fully saturated rings. The van der Waals surface area contributed by atoms with Crippen molar-refractivity contribution in [2.45, 2.75) is 46.1 Å². The molecule has 1 saturated heterocycles. The van der Waals surface area contributed by atoms with Crippen molar-refractivity contribution in [1.29, 1.82) is 0 Å². The Morgan fingerprint density at radius 3 is 2.69 bits per heavy atom. The first kappa shape index (κ1) is 19.7. The second-order valence-corrected chi connectivity index (χ2v) is 8.15. The smallest absolute Gasteiger partial charge is 0.254 e. The molecule has 2 aliphatic rings. The Balaban J connectivity index is 1.23. The highest BCUT2D eigenvalue weighted by Gasteiger charge is 2.27. The van der Waals surface area contributed by atoms with Crippen LogP contribution in [0.1, 0.15) is 54.2 Å². The van der Waals surface area contributed by atoms with Crippen molar-refractivity contribution in [2.75, 3.05) is 31.1 Å². The van der Waals surface area contributed by atoms with E-state index < -0.39 is 0 Å². The zero-order chi connectivity index (χ0) is 20.2. The molecule has 1 aromatic carbocycles. The number of ether oxygens (including phenoxy) is 1. The van der Waals surface area contributed by atoms with Gasteiger partial charge in [-0.1, -0.05) is 6.92 Å². The van der Waals surface area contributed by atoms with E-state index in [9.17, 15) is 4.79 Å². The monoisotopic (exact) mass is 394 g/mol. The van der Waals surface area contributed by atoms with Crippen LogP contribution in [0.25, 0.3) is 0 Å². The molecule has 0 aliphatic carbocycles. The van der Waals surface area contributed by atoms with Gasteiger partial charge in [-0.3, -0.25) is 4.79 Å². The molecule has 6 nitrogen and oxygen atoms in total. The number of aromatic nitrogens is 2. The van der Waals surface area contributed by atoms with Gasteiger partial charge in [-0.15, -0.1) is 5.10 Å². The van der Waals surface area contributed by atoms with Gasteiger partial charge in [0.05, 0.1) is 12.3 Å². The lowest BCUT2D eigenvalue weighted by Crippen LogP contribution is -2.34. The number of rotatable bonds is 7. The Kier molecular flexibility index (Phi) is 5.97. The first-order valence-electron chi connectivity index (χ1n) is 10.7. The number of benzene rings is 1. The largest absolute Gasteiger partial charge is 0.494 e. The third kappa shape index (κ3) is 4.52. The van der Waals surface area contributed by atoms with E-state index in [1.807, 2.05) is 36.1 Å². The van der Waals surface area contributed by atoms with Gasteiger partial charge in [-0.25, -0.2) is 0 Å². The normalized spacial score (nSPS) is 17.0. The Hall–Kier alpha value is -2.63. The maximum Gasteiger partial charge on any atom is 0.254 e. The number of hydrogen-bond donors (Lipinski definition) is 0. The summed E-state index contributed by atoms with van der Waals surface area (Å²) < 4.78 is 6.02. The van der Waals surface area contributed by atoms with Gasteiger partial charge in [0, 0.05) is 31.7 Å². The first-order chi connectivity index (χ1) is 14.1. The minimum Gasteiger partial charge on any atom is -0.494 e. The van der Waals surface area contributed by atoms with Crippen LogP contribution in [-0.4, -0.2) is 47.2 Å². The van der Waals surface area contributed by atoms with Crippen LogP contribution in [0.3, 0.4) is 0 Å². The zero-order valence-corrected chi connectivity index (χ0v) is 17.4. The van der Waals surface area contributed by atoms with Crippen LogP contribution in [-0.2, 0) is 6.54 Å². The van der Waals surface area contributed by atoms with E-state index in [1.165, 1.54) is 0 Å². The van der Waals surface area contributed by atoms with Crippen molar-refractivity contribution in [3.63, 3.8) is 0 Å². The highest BCUT2D eigenvalue weighted by molar-refractivity contribution is 5.98. The Labute approximate surface area is 172 Å². The molecule has 0 N–H and O–H groups in total. The molecule has 4 rings (SSSR count). The second kappa shape index (κ2) is 8.80. The number of anilines is 1. The molecule has 2 aliphatic heterocycles. The van der Waals surface area contributed by atoms with E-state index in [1.54, 1.807) is 0 Å². The summed E-state index contributed by atoms with van der Waals surface area (Å²) in [5.41, 5.74) is 2.88. The fourth-order valence-electron chi connectivity index (χ4n) is 4.25. The topological polar surface area (TPSA) is 58.6 Å². The van der Waals surface area contributed by atoms with Crippen LogP contribution in [0.4, 0.5) is 5.82 Å². The number of aryl methyl sites for hydroxylation is 1. The maximum absolute atomic E-state index is 12.3. The molecule has 154 valence electrons. The molecule has 0 spiro atoms. The van der Waals surface area contributed by atoms with Crippen molar-refractivity contribution < 1.29 is 9.53 Å². The Morgan fingerprint density at radius 2 is 1.97 bits per heavy atom. The average Bonchev–Trinajstić information content (AvgIpc) is 3.04. The van der Waals surface area contributed by atoms with Gasteiger partial charge in [-0.2, -0.15) is 5.10 Å². The van der Waals surface area contributed by atoms with Gasteiger partial charge in [0.15, 0.2) is 5.82 Å². The molecule has 0 saturated carbocycles. The number of hydrogen-bond acceptors (Lipinski definition) is 5. The average molecular weight is 395 g/mol. The van der Waals surface area contributed by atoms with Gasteiger partial charge >= 0.3 is 0 Å². The van der Waals surface area contributed by atoms with Crippen LogP contribution in [0.2, 0.25) is 0 Å². The molecule has 2 aromatic rings.